The summed E-state index contributed by atoms with van der Waals surface area (Å²) in [6, 6.07) is 5.56. The van der Waals surface area contributed by atoms with E-state index in [1.807, 2.05) is 14.0 Å². The highest BCUT2D eigenvalue weighted by Crippen LogP contribution is 2.24. The first-order chi connectivity index (χ1) is 9.97. The topological polar surface area (TPSA) is 69.6 Å². The van der Waals surface area contributed by atoms with E-state index in [1.165, 1.54) is 12.8 Å². The Bertz CT molecular complexity index is 583. The number of aryl methyl sites for hydroxylation is 1. The van der Waals surface area contributed by atoms with E-state index in [4.69, 9.17) is 0 Å². The number of aliphatic hydroxyl groups excluding tert-OH is 1. The number of rotatable bonds is 8. The van der Waals surface area contributed by atoms with Crippen LogP contribution in [0.4, 0.5) is 0 Å². The van der Waals surface area contributed by atoms with E-state index in [0.29, 0.717) is 24.7 Å². The smallest absolute Gasteiger partial charge is 0.240 e. The molecule has 1 saturated carbocycles. The summed E-state index contributed by atoms with van der Waals surface area (Å²) >= 11 is 0. The third-order valence-corrected chi connectivity index (χ3v) is 5.42. The lowest BCUT2D eigenvalue weighted by molar-refractivity contribution is 0.280. The van der Waals surface area contributed by atoms with Crippen LogP contribution in [0.2, 0.25) is 0 Å². The fourth-order valence-corrected chi connectivity index (χ4v) is 3.47. The quantitative estimate of drug-likeness (QED) is 0.754. The van der Waals surface area contributed by atoms with Gasteiger partial charge in [-0.25, -0.2) is 13.1 Å². The van der Waals surface area contributed by atoms with Gasteiger partial charge in [-0.1, -0.05) is 13.0 Å². The summed E-state index contributed by atoms with van der Waals surface area (Å²) in [6.45, 7) is 2.95. The molecule has 6 heteroatoms. The van der Waals surface area contributed by atoms with Crippen molar-refractivity contribution in [1.82, 2.24) is 9.62 Å². The molecule has 1 fully saturated rings. The van der Waals surface area contributed by atoms with E-state index in [9.17, 15) is 13.5 Å². The molecule has 2 N–H and O–H groups in total. The van der Waals surface area contributed by atoms with Crippen molar-refractivity contribution in [3.8, 4) is 0 Å². The van der Waals surface area contributed by atoms with Gasteiger partial charge in [0.2, 0.25) is 10.0 Å². The second kappa shape index (κ2) is 6.87. The maximum absolute atomic E-state index is 12.3. The largest absolute Gasteiger partial charge is 0.392 e. The van der Waals surface area contributed by atoms with Gasteiger partial charge in [0.15, 0.2) is 0 Å². The standard InChI is InChI=1S/C15H24N2O3S/c1-3-12-4-7-15(10-13(12)11-18)21(19,20)16-8-9-17(2)14-5-6-14/h4,7,10,14,16,18H,3,5-6,8-9,11H2,1-2H3. The molecule has 1 aliphatic carbocycles. The molecular formula is C15H24N2O3S. The lowest BCUT2D eigenvalue weighted by atomic mass is 10.1. The highest BCUT2D eigenvalue weighted by atomic mass is 32.2. The van der Waals surface area contributed by atoms with Crippen molar-refractivity contribution in [3.63, 3.8) is 0 Å². The van der Waals surface area contributed by atoms with Gasteiger partial charge in [-0.3, -0.25) is 0 Å². The van der Waals surface area contributed by atoms with Crippen molar-refractivity contribution >= 4 is 10.0 Å². The summed E-state index contributed by atoms with van der Waals surface area (Å²) in [6.07, 6.45) is 3.19. The van der Waals surface area contributed by atoms with Gasteiger partial charge in [-0.2, -0.15) is 0 Å². The Hall–Kier alpha value is -0.950. The van der Waals surface area contributed by atoms with Crippen LogP contribution in [0, 0.1) is 0 Å². The second-order valence-corrected chi connectivity index (χ2v) is 7.32. The zero-order chi connectivity index (χ0) is 15.5. The lowest BCUT2D eigenvalue weighted by Gasteiger charge is -2.16. The van der Waals surface area contributed by atoms with Gasteiger partial charge in [0.25, 0.3) is 0 Å². The molecule has 0 spiro atoms. The minimum atomic E-state index is -3.51. The number of benzene rings is 1. The number of nitrogens with zero attached hydrogens (tertiary/aromatic N) is 1. The van der Waals surface area contributed by atoms with Gasteiger partial charge < -0.3 is 10.0 Å². The maximum atomic E-state index is 12.3. The van der Waals surface area contributed by atoms with E-state index in [2.05, 4.69) is 9.62 Å². The van der Waals surface area contributed by atoms with E-state index in [1.54, 1.807) is 18.2 Å². The Balaban J connectivity index is 2.01. The highest BCUT2D eigenvalue weighted by Gasteiger charge is 2.26. The molecule has 0 atom stereocenters. The molecule has 1 aromatic rings. The van der Waals surface area contributed by atoms with Gasteiger partial charge in [0.05, 0.1) is 11.5 Å². The number of likely N-dealkylation sites (N-methyl/N-ethyl adjacent to an activating group) is 1. The molecule has 118 valence electrons. The van der Waals surface area contributed by atoms with Crippen LogP contribution in [0.1, 0.15) is 30.9 Å². The van der Waals surface area contributed by atoms with Gasteiger partial charge in [0.1, 0.15) is 0 Å². The van der Waals surface area contributed by atoms with Crippen molar-refractivity contribution < 1.29 is 13.5 Å². The molecule has 0 saturated heterocycles. The molecule has 0 bridgehead atoms. The molecule has 0 radical (unpaired) electrons. The van der Waals surface area contributed by atoms with E-state index in [0.717, 1.165) is 12.0 Å². The van der Waals surface area contributed by atoms with Crippen LogP contribution in [0.3, 0.4) is 0 Å². The maximum Gasteiger partial charge on any atom is 0.240 e. The number of sulfonamides is 1. The van der Waals surface area contributed by atoms with E-state index in [-0.39, 0.29) is 11.5 Å². The van der Waals surface area contributed by atoms with Crippen molar-refractivity contribution in [2.75, 3.05) is 20.1 Å². The summed E-state index contributed by atoms with van der Waals surface area (Å²) in [4.78, 5) is 2.40. The van der Waals surface area contributed by atoms with Crippen LogP contribution in [0.25, 0.3) is 0 Å². The van der Waals surface area contributed by atoms with Crippen molar-refractivity contribution in [1.29, 1.82) is 0 Å². The molecule has 5 nitrogen and oxygen atoms in total. The lowest BCUT2D eigenvalue weighted by Crippen LogP contribution is -2.34. The number of hydrogen-bond acceptors (Lipinski definition) is 4. The fraction of sp³-hybridized carbons (Fsp3) is 0.600. The zero-order valence-electron chi connectivity index (χ0n) is 12.7. The Morgan fingerprint density at radius 3 is 2.62 bits per heavy atom. The summed E-state index contributed by atoms with van der Waals surface area (Å²) in [5.41, 5.74) is 1.65. The fourth-order valence-electron chi connectivity index (χ4n) is 2.40. The number of hydrogen-bond donors (Lipinski definition) is 2. The van der Waals surface area contributed by atoms with Crippen LogP contribution in [0.15, 0.2) is 23.1 Å². The molecule has 0 aromatic heterocycles. The molecule has 0 unspecified atom stereocenters. The first kappa shape index (κ1) is 16.4. The van der Waals surface area contributed by atoms with E-state index < -0.39 is 10.0 Å². The molecule has 0 amide bonds. The van der Waals surface area contributed by atoms with Crippen molar-refractivity contribution in [2.24, 2.45) is 0 Å². The SMILES string of the molecule is CCc1ccc(S(=O)(=O)NCCN(C)C2CC2)cc1CO. The molecule has 21 heavy (non-hydrogen) atoms. The summed E-state index contributed by atoms with van der Waals surface area (Å²) < 4.78 is 27.1. The Morgan fingerprint density at radius 2 is 2.05 bits per heavy atom. The predicted octanol–water partition coefficient (Wildman–Crippen LogP) is 1.11. The third-order valence-electron chi connectivity index (χ3n) is 3.97. The molecule has 0 aliphatic heterocycles. The highest BCUT2D eigenvalue weighted by molar-refractivity contribution is 7.89. The Morgan fingerprint density at radius 1 is 1.33 bits per heavy atom. The summed E-state index contributed by atoms with van der Waals surface area (Å²) in [7, 11) is -1.49. The Labute approximate surface area is 127 Å². The molecule has 0 heterocycles. The Kier molecular flexibility index (Phi) is 5.37. The van der Waals surface area contributed by atoms with Crippen LogP contribution >= 0.6 is 0 Å². The third kappa shape index (κ3) is 4.26. The second-order valence-electron chi connectivity index (χ2n) is 5.55. The molecular weight excluding hydrogens is 288 g/mol. The normalized spacial score (nSPS) is 15.6. The van der Waals surface area contributed by atoms with Crippen LogP contribution in [-0.2, 0) is 23.1 Å². The minimum absolute atomic E-state index is 0.142. The zero-order valence-corrected chi connectivity index (χ0v) is 13.5. The summed E-state index contributed by atoms with van der Waals surface area (Å²) in [5, 5.41) is 9.33. The number of aliphatic hydroxyl groups is 1. The van der Waals surface area contributed by atoms with E-state index >= 15 is 0 Å². The first-order valence-electron chi connectivity index (χ1n) is 7.40. The predicted molar refractivity (Wildman–Crippen MR) is 82.6 cm³/mol. The van der Waals surface area contributed by atoms with Crippen LogP contribution in [-0.4, -0.2) is 44.6 Å². The van der Waals surface area contributed by atoms with Gasteiger partial charge in [-0.05, 0) is 49.6 Å². The monoisotopic (exact) mass is 312 g/mol. The van der Waals surface area contributed by atoms with Gasteiger partial charge in [-0.15, -0.1) is 0 Å². The molecule has 2 rings (SSSR count). The summed E-state index contributed by atoms with van der Waals surface area (Å²) in [5.74, 6) is 0. The number of nitrogens with one attached hydrogen (secondary N) is 1. The molecule has 1 aliphatic rings. The van der Waals surface area contributed by atoms with Gasteiger partial charge in [0, 0.05) is 19.1 Å². The van der Waals surface area contributed by atoms with Crippen molar-refractivity contribution in [3.05, 3.63) is 29.3 Å². The average molecular weight is 312 g/mol. The average Bonchev–Trinajstić information content (AvgIpc) is 3.30. The van der Waals surface area contributed by atoms with Crippen LogP contribution < -0.4 is 4.72 Å². The van der Waals surface area contributed by atoms with Crippen molar-refractivity contribution in [2.45, 2.75) is 43.7 Å². The minimum Gasteiger partial charge on any atom is -0.392 e. The molecule has 1 aromatic carbocycles. The first-order valence-corrected chi connectivity index (χ1v) is 8.88. The van der Waals surface area contributed by atoms with Gasteiger partial charge >= 0.3 is 0 Å². The van der Waals surface area contributed by atoms with Crippen LogP contribution in [0.5, 0.6) is 0 Å².